The first kappa shape index (κ1) is 10.3. The Morgan fingerprint density at radius 1 is 1.50 bits per heavy atom. The number of hydrogen-bond acceptors (Lipinski definition) is 2. The predicted molar refractivity (Wildman–Crippen MR) is 61.1 cm³/mol. The molecule has 1 saturated heterocycles. The molecule has 1 heterocycles. The Kier molecular flexibility index (Phi) is 3.05. The molecule has 1 aromatic carbocycles. The van der Waals surface area contributed by atoms with Crippen LogP contribution < -0.4 is 0 Å². The average molecular weight is 229 g/mol. The minimum absolute atomic E-state index is 0.241. The number of halogens is 1. The van der Waals surface area contributed by atoms with E-state index in [2.05, 4.69) is 19.9 Å². The topological polar surface area (TPSA) is 12.5 Å². The standard InChI is InChI=1S/C11H13ClOS/c1-7(2)14-10-5-3-4-8(12)11(10)9-6-13-9/h3-5,7,9H,6H2,1-2H3/t9-/m1/s1. The van der Waals surface area contributed by atoms with E-state index >= 15 is 0 Å². The summed E-state index contributed by atoms with van der Waals surface area (Å²) in [6.45, 7) is 5.18. The zero-order valence-electron chi connectivity index (χ0n) is 8.29. The molecule has 0 bridgehead atoms. The Balaban J connectivity index is 2.32. The Hall–Kier alpha value is -0.180. The van der Waals surface area contributed by atoms with Crippen molar-refractivity contribution in [1.29, 1.82) is 0 Å². The van der Waals surface area contributed by atoms with Crippen LogP contribution in [0.3, 0.4) is 0 Å². The normalized spacial score (nSPS) is 20.1. The maximum atomic E-state index is 6.15. The van der Waals surface area contributed by atoms with Crippen LogP contribution in [0.2, 0.25) is 5.02 Å². The van der Waals surface area contributed by atoms with Gasteiger partial charge in [-0.25, -0.2) is 0 Å². The van der Waals surface area contributed by atoms with Gasteiger partial charge in [-0.3, -0.25) is 0 Å². The second-order valence-corrected chi connectivity index (χ2v) is 5.67. The molecule has 76 valence electrons. The van der Waals surface area contributed by atoms with Crippen LogP contribution >= 0.6 is 23.4 Å². The third-order valence-corrected chi connectivity index (χ3v) is 3.44. The Bertz CT molecular complexity index is 334. The van der Waals surface area contributed by atoms with Crippen LogP contribution in [-0.4, -0.2) is 11.9 Å². The summed E-state index contributed by atoms with van der Waals surface area (Å²) >= 11 is 8.00. The van der Waals surface area contributed by atoms with Crippen LogP contribution in [0.5, 0.6) is 0 Å². The highest BCUT2D eigenvalue weighted by Gasteiger charge is 2.29. The van der Waals surface area contributed by atoms with Gasteiger partial charge in [0, 0.05) is 20.7 Å². The predicted octanol–water partition coefficient (Wildman–Crippen LogP) is 3.91. The van der Waals surface area contributed by atoms with Crippen LogP contribution in [0.15, 0.2) is 23.1 Å². The third kappa shape index (κ3) is 2.25. The summed E-state index contributed by atoms with van der Waals surface area (Å²) in [7, 11) is 0. The van der Waals surface area contributed by atoms with Crippen molar-refractivity contribution >= 4 is 23.4 Å². The molecule has 0 amide bonds. The molecule has 2 rings (SSSR count). The molecule has 1 nitrogen and oxygen atoms in total. The summed E-state index contributed by atoms with van der Waals surface area (Å²) in [5, 5.41) is 1.41. The van der Waals surface area contributed by atoms with Gasteiger partial charge in [-0.15, -0.1) is 11.8 Å². The van der Waals surface area contributed by atoms with Crippen molar-refractivity contribution < 1.29 is 4.74 Å². The van der Waals surface area contributed by atoms with E-state index in [-0.39, 0.29) is 6.10 Å². The van der Waals surface area contributed by atoms with Crippen LogP contribution in [-0.2, 0) is 4.74 Å². The lowest BCUT2D eigenvalue weighted by Crippen LogP contribution is -1.92. The van der Waals surface area contributed by atoms with E-state index in [1.54, 1.807) is 0 Å². The van der Waals surface area contributed by atoms with Crippen LogP contribution in [0.25, 0.3) is 0 Å². The highest BCUT2D eigenvalue weighted by Crippen LogP contribution is 2.41. The third-order valence-electron chi connectivity index (χ3n) is 2.03. The number of hydrogen-bond donors (Lipinski definition) is 0. The summed E-state index contributed by atoms with van der Waals surface area (Å²) in [5.41, 5.74) is 1.17. The molecule has 0 aliphatic carbocycles. The number of rotatable bonds is 3. The fourth-order valence-corrected chi connectivity index (χ4v) is 2.79. The molecule has 1 atom stereocenters. The van der Waals surface area contributed by atoms with Crippen molar-refractivity contribution in [2.75, 3.05) is 6.61 Å². The van der Waals surface area contributed by atoms with Crippen LogP contribution in [0.4, 0.5) is 0 Å². The highest BCUT2D eigenvalue weighted by atomic mass is 35.5. The van der Waals surface area contributed by atoms with Gasteiger partial charge in [0.05, 0.1) is 6.61 Å². The maximum Gasteiger partial charge on any atom is 0.108 e. The SMILES string of the molecule is CC(C)Sc1cccc(Cl)c1[C@H]1CO1. The molecule has 3 heteroatoms. The van der Waals surface area contributed by atoms with Gasteiger partial charge in [0.25, 0.3) is 0 Å². The van der Waals surface area contributed by atoms with Crippen molar-refractivity contribution in [3.8, 4) is 0 Å². The fraction of sp³-hybridized carbons (Fsp3) is 0.455. The highest BCUT2D eigenvalue weighted by molar-refractivity contribution is 8.00. The van der Waals surface area contributed by atoms with E-state index in [0.29, 0.717) is 5.25 Å². The summed E-state index contributed by atoms with van der Waals surface area (Å²) in [6.07, 6.45) is 0.241. The molecule has 1 aliphatic rings. The fourth-order valence-electron chi connectivity index (χ4n) is 1.40. The van der Waals surface area contributed by atoms with E-state index in [1.165, 1.54) is 10.5 Å². The zero-order chi connectivity index (χ0) is 10.1. The summed E-state index contributed by atoms with van der Waals surface area (Å²) in [5.74, 6) is 0. The first-order valence-corrected chi connectivity index (χ1v) is 6.01. The Morgan fingerprint density at radius 3 is 2.79 bits per heavy atom. The molecular weight excluding hydrogens is 216 g/mol. The maximum absolute atomic E-state index is 6.15. The first-order valence-electron chi connectivity index (χ1n) is 4.75. The van der Waals surface area contributed by atoms with E-state index < -0.39 is 0 Å². The Morgan fingerprint density at radius 2 is 2.21 bits per heavy atom. The zero-order valence-corrected chi connectivity index (χ0v) is 9.86. The van der Waals surface area contributed by atoms with E-state index in [4.69, 9.17) is 16.3 Å². The smallest absolute Gasteiger partial charge is 0.108 e. The van der Waals surface area contributed by atoms with Gasteiger partial charge < -0.3 is 4.74 Å². The number of thioether (sulfide) groups is 1. The second kappa shape index (κ2) is 4.13. The average Bonchev–Trinajstić information content (AvgIpc) is 2.86. The summed E-state index contributed by atoms with van der Waals surface area (Å²) in [6, 6.07) is 6.05. The molecule has 0 N–H and O–H groups in total. The van der Waals surface area contributed by atoms with Gasteiger partial charge in [0.1, 0.15) is 6.10 Å². The molecule has 1 fully saturated rings. The first-order chi connectivity index (χ1) is 6.68. The van der Waals surface area contributed by atoms with Crippen molar-refractivity contribution in [2.24, 2.45) is 0 Å². The largest absolute Gasteiger partial charge is 0.368 e. The minimum atomic E-state index is 0.241. The van der Waals surface area contributed by atoms with Crippen LogP contribution in [0.1, 0.15) is 25.5 Å². The molecule has 0 spiro atoms. The summed E-state index contributed by atoms with van der Waals surface area (Å²) < 4.78 is 5.30. The Labute approximate surface area is 93.8 Å². The van der Waals surface area contributed by atoms with Gasteiger partial charge in [-0.1, -0.05) is 31.5 Å². The number of epoxide rings is 1. The number of ether oxygens (including phenoxy) is 1. The number of benzene rings is 1. The molecule has 14 heavy (non-hydrogen) atoms. The van der Waals surface area contributed by atoms with E-state index in [9.17, 15) is 0 Å². The van der Waals surface area contributed by atoms with Crippen molar-refractivity contribution in [3.63, 3.8) is 0 Å². The molecule has 0 saturated carbocycles. The van der Waals surface area contributed by atoms with Crippen LogP contribution in [0, 0.1) is 0 Å². The quantitative estimate of drug-likeness (QED) is 0.575. The van der Waals surface area contributed by atoms with Gasteiger partial charge in [0.15, 0.2) is 0 Å². The van der Waals surface area contributed by atoms with Crippen molar-refractivity contribution in [2.45, 2.75) is 30.1 Å². The summed E-state index contributed by atoms with van der Waals surface area (Å²) in [4.78, 5) is 1.26. The lowest BCUT2D eigenvalue weighted by atomic mass is 10.2. The molecule has 0 unspecified atom stereocenters. The van der Waals surface area contributed by atoms with Gasteiger partial charge in [0.2, 0.25) is 0 Å². The lowest BCUT2D eigenvalue weighted by molar-refractivity contribution is 0.413. The van der Waals surface area contributed by atoms with Crippen molar-refractivity contribution in [1.82, 2.24) is 0 Å². The molecule has 1 aliphatic heterocycles. The monoisotopic (exact) mass is 228 g/mol. The second-order valence-electron chi connectivity index (χ2n) is 3.64. The van der Waals surface area contributed by atoms with Gasteiger partial charge in [-0.2, -0.15) is 0 Å². The molecule has 0 radical (unpaired) electrons. The molecular formula is C11H13ClOS. The van der Waals surface area contributed by atoms with E-state index in [1.807, 2.05) is 23.9 Å². The van der Waals surface area contributed by atoms with Gasteiger partial charge in [-0.05, 0) is 12.1 Å². The molecule has 1 aromatic rings. The van der Waals surface area contributed by atoms with Crippen molar-refractivity contribution in [3.05, 3.63) is 28.8 Å². The lowest BCUT2D eigenvalue weighted by Gasteiger charge is -2.10. The minimum Gasteiger partial charge on any atom is -0.368 e. The van der Waals surface area contributed by atoms with Gasteiger partial charge >= 0.3 is 0 Å². The molecule has 0 aromatic heterocycles. The van der Waals surface area contributed by atoms with E-state index in [0.717, 1.165) is 11.6 Å².